The van der Waals surface area contributed by atoms with Crippen molar-refractivity contribution in [2.45, 2.75) is 84.2 Å². The van der Waals surface area contributed by atoms with Crippen molar-refractivity contribution in [1.29, 1.82) is 0 Å². The van der Waals surface area contributed by atoms with E-state index < -0.39 is 5.60 Å². The van der Waals surface area contributed by atoms with Crippen molar-refractivity contribution < 1.29 is 9.53 Å². The van der Waals surface area contributed by atoms with Gasteiger partial charge < -0.3 is 4.74 Å². The molecule has 0 aromatic heterocycles. The van der Waals surface area contributed by atoms with Gasteiger partial charge in [-0.3, -0.25) is 4.90 Å². The van der Waals surface area contributed by atoms with Crippen LogP contribution in [0.25, 0.3) is 0 Å². The zero-order chi connectivity index (χ0) is 14.8. The van der Waals surface area contributed by atoms with Crippen LogP contribution in [0.1, 0.15) is 78.6 Å². The van der Waals surface area contributed by atoms with Gasteiger partial charge in [0.15, 0.2) is 0 Å². The molecule has 3 nitrogen and oxygen atoms in total. The van der Waals surface area contributed by atoms with Crippen LogP contribution in [0.5, 0.6) is 0 Å². The van der Waals surface area contributed by atoms with Crippen molar-refractivity contribution in [3.63, 3.8) is 0 Å². The zero-order valence-electron chi connectivity index (χ0n) is 13.5. The lowest BCUT2D eigenvalue weighted by Gasteiger charge is -2.25. The molecule has 1 aliphatic heterocycles. The van der Waals surface area contributed by atoms with Gasteiger partial charge in [-0.05, 0) is 40.0 Å². The molecule has 0 radical (unpaired) electrons. The smallest absolute Gasteiger partial charge is 0.414 e. The first-order valence-electron chi connectivity index (χ1n) is 8.15. The van der Waals surface area contributed by atoms with E-state index in [0.717, 1.165) is 19.4 Å². The Balaban J connectivity index is 2.53. The lowest BCUT2D eigenvalue weighted by Crippen LogP contribution is -2.34. The van der Waals surface area contributed by atoms with Crippen LogP contribution in [0.3, 0.4) is 0 Å². The fraction of sp³-hybridized carbons (Fsp3) is 0.824. The van der Waals surface area contributed by atoms with E-state index in [1.54, 1.807) is 4.90 Å². The SMILES string of the molecule is CC(C)(C)OC(=O)N1/C=C\CCCCCCCCCC1. The summed E-state index contributed by atoms with van der Waals surface area (Å²) in [7, 11) is 0. The summed E-state index contributed by atoms with van der Waals surface area (Å²) in [6.45, 7) is 6.51. The van der Waals surface area contributed by atoms with Gasteiger partial charge in [-0.2, -0.15) is 0 Å². The maximum atomic E-state index is 12.2. The van der Waals surface area contributed by atoms with E-state index in [0.29, 0.717) is 0 Å². The third-order valence-electron chi connectivity index (χ3n) is 3.43. The molecule has 0 atom stereocenters. The van der Waals surface area contributed by atoms with Crippen molar-refractivity contribution >= 4 is 6.09 Å². The maximum absolute atomic E-state index is 12.2. The number of hydrogen-bond donors (Lipinski definition) is 0. The second kappa shape index (κ2) is 9.04. The van der Waals surface area contributed by atoms with Crippen LogP contribution in [-0.4, -0.2) is 23.1 Å². The third-order valence-corrected chi connectivity index (χ3v) is 3.43. The monoisotopic (exact) mass is 281 g/mol. The second-order valence-corrected chi connectivity index (χ2v) is 6.68. The Hall–Kier alpha value is -0.990. The fourth-order valence-corrected chi connectivity index (χ4v) is 2.35. The van der Waals surface area contributed by atoms with Gasteiger partial charge in [0.1, 0.15) is 5.60 Å². The number of carbonyl (C=O) groups is 1. The molecule has 0 saturated carbocycles. The number of amides is 1. The predicted octanol–water partition coefficient (Wildman–Crippen LogP) is 5.26. The molecule has 0 saturated heterocycles. The van der Waals surface area contributed by atoms with E-state index in [2.05, 4.69) is 6.08 Å². The van der Waals surface area contributed by atoms with Crippen LogP contribution in [-0.2, 0) is 4.74 Å². The highest BCUT2D eigenvalue weighted by Gasteiger charge is 2.20. The van der Waals surface area contributed by atoms with Crippen LogP contribution in [0.15, 0.2) is 12.3 Å². The fourth-order valence-electron chi connectivity index (χ4n) is 2.35. The van der Waals surface area contributed by atoms with Gasteiger partial charge in [-0.25, -0.2) is 4.79 Å². The molecule has 0 N–H and O–H groups in total. The van der Waals surface area contributed by atoms with E-state index in [-0.39, 0.29) is 6.09 Å². The average Bonchev–Trinajstić information content (AvgIpc) is 2.37. The Morgan fingerprint density at radius 2 is 1.50 bits per heavy atom. The number of allylic oxidation sites excluding steroid dienone is 1. The Labute approximate surface area is 124 Å². The van der Waals surface area contributed by atoms with E-state index in [1.165, 1.54) is 44.9 Å². The molecule has 0 spiro atoms. The van der Waals surface area contributed by atoms with Gasteiger partial charge in [0.25, 0.3) is 0 Å². The summed E-state index contributed by atoms with van der Waals surface area (Å²) in [5.41, 5.74) is -0.425. The Morgan fingerprint density at radius 1 is 0.950 bits per heavy atom. The summed E-state index contributed by atoms with van der Waals surface area (Å²) in [4.78, 5) is 13.9. The van der Waals surface area contributed by atoms with Crippen molar-refractivity contribution in [2.24, 2.45) is 0 Å². The van der Waals surface area contributed by atoms with Gasteiger partial charge in [-0.15, -0.1) is 0 Å². The molecule has 0 aromatic rings. The normalized spacial score (nSPS) is 21.2. The molecular formula is C17H31NO2. The van der Waals surface area contributed by atoms with Crippen molar-refractivity contribution in [3.05, 3.63) is 12.3 Å². The highest BCUT2D eigenvalue weighted by atomic mass is 16.6. The summed E-state index contributed by atoms with van der Waals surface area (Å²) in [5, 5.41) is 0. The second-order valence-electron chi connectivity index (χ2n) is 6.68. The van der Waals surface area contributed by atoms with Crippen LogP contribution >= 0.6 is 0 Å². The minimum Gasteiger partial charge on any atom is -0.443 e. The lowest BCUT2D eigenvalue weighted by atomic mass is 10.1. The summed E-state index contributed by atoms with van der Waals surface area (Å²) < 4.78 is 5.46. The summed E-state index contributed by atoms with van der Waals surface area (Å²) in [6, 6.07) is 0. The molecular weight excluding hydrogens is 250 g/mol. The summed E-state index contributed by atoms with van der Waals surface area (Å²) in [6.07, 6.45) is 15.0. The molecule has 1 rings (SSSR count). The highest BCUT2D eigenvalue weighted by molar-refractivity contribution is 5.69. The molecule has 1 aliphatic rings. The lowest BCUT2D eigenvalue weighted by molar-refractivity contribution is 0.0332. The number of carbonyl (C=O) groups excluding carboxylic acids is 1. The number of ether oxygens (including phenoxy) is 1. The van der Waals surface area contributed by atoms with Gasteiger partial charge in [0.05, 0.1) is 0 Å². The van der Waals surface area contributed by atoms with Crippen molar-refractivity contribution in [1.82, 2.24) is 4.90 Å². The van der Waals surface area contributed by atoms with Crippen molar-refractivity contribution in [2.75, 3.05) is 6.54 Å². The molecule has 116 valence electrons. The van der Waals surface area contributed by atoms with E-state index in [4.69, 9.17) is 4.74 Å². The van der Waals surface area contributed by atoms with Crippen molar-refractivity contribution in [3.8, 4) is 0 Å². The molecule has 0 bridgehead atoms. The zero-order valence-corrected chi connectivity index (χ0v) is 13.5. The minimum atomic E-state index is -0.425. The Kier molecular flexibility index (Phi) is 7.71. The highest BCUT2D eigenvalue weighted by Crippen LogP contribution is 2.14. The summed E-state index contributed by atoms with van der Waals surface area (Å²) in [5.74, 6) is 0. The largest absolute Gasteiger partial charge is 0.443 e. The van der Waals surface area contributed by atoms with E-state index >= 15 is 0 Å². The third kappa shape index (κ3) is 8.23. The Bertz CT molecular complexity index is 305. The topological polar surface area (TPSA) is 29.5 Å². The van der Waals surface area contributed by atoms with Gasteiger partial charge >= 0.3 is 6.09 Å². The van der Waals surface area contributed by atoms with Crippen LogP contribution in [0.2, 0.25) is 0 Å². The predicted molar refractivity (Wildman–Crippen MR) is 83.6 cm³/mol. The van der Waals surface area contributed by atoms with Gasteiger partial charge in [-0.1, -0.05) is 44.6 Å². The van der Waals surface area contributed by atoms with E-state index in [1.807, 2.05) is 27.0 Å². The quantitative estimate of drug-likeness (QED) is 0.606. The Morgan fingerprint density at radius 3 is 2.10 bits per heavy atom. The standard InChI is InChI=1S/C17H31NO2/c1-17(2,3)20-16(19)18-14-12-10-8-6-4-5-7-9-11-13-15-18/h12,14H,4-11,13,15H2,1-3H3/b14-12-. The average molecular weight is 281 g/mol. The summed E-state index contributed by atoms with van der Waals surface area (Å²) >= 11 is 0. The molecule has 1 heterocycles. The van der Waals surface area contributed by atoms with Crippen LogP contribution in [0, 0.1) is 0 Å². The first kappa shape index (κ1) is 17.1. The minimum absolute atomic E-state index is 0.219. The van der Waals surface area contributed by atoms with Crippen LogP contribution in [0.4, 0.5) is 4.79 Å². The molecule has 1 amide bonds. The first-order chi connectivity index (χ1) is 9.49. The van der Waals surface area contributed by atoms with Gasteiger partial charge in [0, 0.05) is 12.7 Å². The molecule has 20 heavy (non-hydrogen) atoms. The molecule has 0 aromatic carbocycles. The number of nitrogens with zero attached hydrogens (tertiary/aromatic N) is 1. The first-order valence-corrected chi connectivity index (χ1v) is 8.15. The molecule has 0 fully saturated rings. The molecule has 0 unspecified atom stereocenters. The van der Waals surface area contributed by atoms with E-state index in [9.17, 15) is 4.79 Å². The number of rotatable bonds is 0. The molecule has 3 heteroatoms. The molecule has 0 aliphatic carbocycles. The van der Waals surface area contributed by atoms with Crippen LogP contribution < -0.4 is 0 Å². The van der Waals surface area contributed by atoms with Gasteiger partial charge in [0.2, 0.25) is 0 Å². The number of hydrogen-bond acceptors (Lipinski definition) is 2. The maximum Gasteiger partial charge on any atom is 0.414 e.